The minimum Gasteiger partial charge on any atom is -0.350 e. The maximum absolute atomic E-state index is 12.6. The molecule has 9 nitrogen and oxygen atoms in total. The van der Waals surface area contributed by atoms with Gasteiger partial charge >= 0.3 is 0 Å². The number of aryl methyl sites for hydroxylation is 1. The number of carbonyl (C=O) groups excluding carboxylic acids is 1. The predicted octanol–water partition coefficient (Wildman–Crippen LogP) is 1.35. The van der Waals surface area contributed by atoms with Crippen molar-refractivity contribution in [3.8, 4) is 11.5 Å². The lowest BCUT2D eigenvalue weighted by molar-refractivity contribution is 0.0948. The largest absolute Gasteiger partial charge is 0.350 e. The molecule has 0 unspecified atom stereocenters. The second-order valence-corrected chi connectivity index (χ2v) is 6.06. The first-order chi connectivity index (χ1) is 13.6. The number of rotatable bonds is 5. The van der Waals surface area contributed by atoms with Crippen molar-refractivity contribution in [1.82, 2.24) is 30.2 Å². The maximum Gasteiger partial charge on any atom is 0.274 e. The van der Waals surface area contributed by atoms with Crippen molar-refractivity contribution in [2.75, 3.05) is 6.54 Å². The molecule has 0 saturated heterocycles. The summed E-state index contributed by atoms with van der Waals surface area (Å²) >= 11 is 0. The fraction of sp³-hybridized carbons (Fsp3) is 0.158. The Bertz CT molecular complexity index is 1200. The summed E-state index contributed by atoms with van der Waals surface area (Å²) in [4.78, 5) is 33.2. The fourth-order valence-corrected chi connectivity index (χ4v) is 2.79. The third-order valence-corrected chi connectivity index (χ3v) is 4.16. The lowest BCUT2D eigenvalue weighted by atomic mass is 10.1. The quantitative estimate of drug-likeness (QED) is 0.559. The highest BCUT2D eigenvalue weighted by Crippen LogP contribution is 2.13. The van der Waals surface area contributed by atoms with Gasteiger partial charge in [-0.2, -0.15) is 10.1 Å². The van der Waals surface area contributed by atoms with E-state index in [-0.39, 0.29) is 23.7 Å². The van der Waals surface area contributed by atoms with E-state index in [1.807, 2.05) is 6.07 Å². The maximum atomic E-state index is 12.6. The van der Waals surface area contributed by atoms with E-state index >= 15 is 0 Å². The highest BCUT2D eigenvalue weighted by atomic mass is 16.5. The Morgan fingerprint density at radius 3 is 2.71 bits per heavy atom. The van der Waals surface area contributed by atoms with Gasteiger partial charge < -0.3 is 9.84 Å². The molecule has 1 N–H and O–H groups in total. The summed E-state index contributed by atoms with van der Waals surface area (Å²) < 4.78 is 6.36. The second-order valence-electron chi connectivity index (χ2n) is 6.06. The standard InChI is InChI=1S/C19H16N6O3/c1-25-19(27)13-7-3-2-6-12(13)16(23-25)18(26)21-11-9-15-22-17(24-28-15)14-8-4-5-10-20-14/h2-8,10H,9,11H2,1H3,(H,21,26). The smallest absolute Gasteiger partial charge is 0.274 e. The molecule has 0 bridgehead atoms. The van der Waals surface area contributed by atoms with Crippen LogP contribution in [0.3, 0.4) is 0 Å². The van der Waals surface area contributed by atoms with E-state index in [9.17, 15) is 9.59 Å². The number of nitrogens with zero attached hydrogens (tertiary/aromatic N) is 5. The molecule has 3 aromatic heterocycles. The van der Waals surface area contributed by atoms with Crippen LogP contribution in [0.2, 0.25) is 0 Å². The summed E-state index contributed by atoms with van der Waals surface area (Å²) in [5.74, 6) is 0.406. The Morgan fingerprint density at radius 2 is 1.93 bits per heavy atom. The van der Waals surface area contributed by atoms with Crippen molar-refractivity contribution in [2.24, 2.45) is 7.05 Å². The summed E-state index contributed by atoms with van der Waals surface area (Å²) in [6.07, 6.45) is 2.01. The zero-order chi connectivity index (χ0) is 19.5. The monoisotopic (exact) mass is 376 g/mol. The van der Waals surface area contributed by atoms with E-state index in [2.05, 4.69) is 25.5 Å². The Balaban J connectivity index is 1.46. The second kappa shape index (κ2) is 7.39. The Labute approximate surface area is 159 Å². The minimum atomic E-state index is -0.378. The van der Waals surface area contributed by atoms with Gasteiger partial charge in [0.15, 0.2) is 5.69 Å². The molecule has 0 fully saturated rings. The minimum absolute atomic E-state index is 0.192. The van der Waals surface area contributed by atoms with Crippen LogP contribution in [-0.4, -0.2) is 37.4 Å². The zero-order valence-corrected chi connectivity index (χ0v) is 15.0. The molecule has 0 saturated carbocycles. The first-order valence-corrected chi connectivity index (χ1v) is 8.62. The number of aromatic nitrogens is 5. The van der Waals surface area contributed by atoms with Gasteiger partial charge in [0.25, 0.3) is 11.5 Å². The lowest BCUT2D eigenvalue weighted by Gasteiger charge is -2.08. The zero-order valence-electron chi connectivity index (χ0n) is 15.0. The van der Waals surface area contributed by atoms with Crippen LogP contribution in [0.1, 0.15) is 16.4 Å². The van der Waals surface area contributed by atoms with Crippen molar-refractivity contribution in [1.29, 1.82) is 0 Å². The first-order valence-electron chi connectivity index (χ1n) is 8.62. The van der Waals surface area contributed by atoms with Gasteiger partial charge in [-0.1, -0.05) is 29.4 Å². The molecule has 0 radical (unpaired) electrons. The first kappa shape index (κ1) is 17.5. The van der Waals surface area contributed by atoms with Crippen LogP contribution in [0.4, 0.5) is 0 Å². The third kappa shape index (κ3) is 3.37. The highest BCUT2D eigenvalue weighted by Gasteiger charge is 2.16. The highest BCUT2D eigenvalue weighted by molar-refractivity contribution is 6.04. The van der Waals surface area contributed by atoms with Crippen molar-refractivity contribution in [2.45, 2.75) is 6.42 Å². The van der Waals surface area contributed by atoms with E-state index in [1.165, 1.54) is 7.05 Å². The van der Waals surface area contributed by atoms with Crippen LogP contribution in [-0.2, 0) is 13.5 Å². The van der Waals surface area contributed by atoms with Crippen LogP contribution in [0.25, 0.3) is 22.3 Å². The van der Waals surface area contributed by atoms with Gasteiger partial charge in [-0.3, -0.25) is 14.6 Å². The Kier molecular flexibility index (Phi) is 4.63. The summed E-state index contributed by atoms with van der Waals surface area (Å²) in [6, 6.07) is 12.3. The molecule has 140 valence electrons. The molecule has 28 heavy (non-hydrogen) atoms. The van der Waals surface area contributed by atoms with Gasteiger partial charge in [-0.15, -0.1) is 0 Å². The van der Waals surface area contributed by atoms with Gasteiger partial charge in [0.1, 0.15) is 5.69 Å². The van der Waals surface area contributed by atoms with Crippen LogP contribution in [0.5, 0.6) is 0 Å². The molecule has 9 heteroatoms. The van der Waals surface area contributed by atoms with E-state index in [4.69, 9.17) is 4.52 Å². The van der Waals surface area contributed by atoms with E-state index in [1.54, 1.807) is 42.6 Å². The average Bonchev–Trinajstić information content (AvgIpc) is 3.20. The predicted molar refractivity (Wildman–Crippen MR) is 101 cm³/mol. The summed E-state index contributed by atoms with van der Waals surface area (Å²) in [7, 11) is 1.52. The molecule has 3 heterocycles. The van der Waals surface area contributed by atoms with Crippen LogP contribution in [0, 0.1) is 0 Å². The topological polar surface area (TPSA) is 116 Å². The number of benzene rings is 1. The van der Waals surface area contributed by atoms with Crippen molar-refractivity contribution in [3.63, 3.8) is 0 Å². The van der Waals surface area contributed by atoms with Gasteiger partial charge in [-0.05, 0) is 18.2 Å². The normalized spacial score (nSPS) is 10.9. The van der Waals surface area contributed by atoms with Crippen LogP contribution < -0.4 is 10.9 Å². The molecular weight excluding hydrogens is 360 g/mol. The van der Waals surface area contributed by atoms with Crippen LogP contribution in [0.15, 0.2) is 58.0 Å². The third-order valence-electron chi connectivity index (χ3n) is 4.16. The van der Waals surface area contributed by atoms with E-state index < -0.39 is 0 Å². The van der Waals surface area contributed by atoms with Crippen molar-refractivity contribution < 1.29 is 9.32 Å². The van der Waals surface area contributed by atoms with Gasteiger partial charge in [0, 0.05) is 31.6 Å². The Hall–Kier alpha value is -3.88. The number of fused-ring (bicyclic) bond motifs is 1. The molecule has 0 spiro atoms. The molecule has 0 aliphatic heterocycles. The summed E-state index contributed by atoms with van der Waals surface area (Å²) in [6.45, 7) is 0.279. The molecule has 0 atom stereocenters. The summed E-state index contributed by atoms with van der Waals surface area (Å²) in [5.41, 5.74) is 0.555. The van der Waals surface area contributed by atoms with E-state index in [0.29, 0.717) is 34.6 Å². The number of hydrogen-bond acceptors (Lipinski definition) is 7. The molecule has 0 aliphatic rings. The van der Waals surface area contributed by atoms with Crippen molar-refractivity contribution >= 4 is 16.7 Å². The van der Waals surface area contributed by atoms with Gasteiger partial charge in [0.2, 0.25) is 11.7 Å². The summed E-state index contributed by atoms with van der Waals surface area (Å²) in [5, 5.41) is 11.7. The van der Waals surface area contributed by atoms with E-state index in [0.717, 1.165) is 4.68 Å². The van der Waals surface area contributed by atoms with Gasteiger partial charge in [0.05, 0.1) is 5.39 Å². The fourth-order valence-electron chi connectivity index (χ4n) is 2.79. The molecule has 4 rings (SSSR count). The molecule has 4 aromatic rings. The Morgan fingerprint density at radius 1 is 1.14 bits per heavy atom. The van der Waals surface area contributed by atoms with Crippen LogP contribution >= 0.6 is 0 Å². The number of hydrogen-bond donors (Lipinski definition) is 1. The number of amides is 1. The molecule has 0 aliphatic carbocycles. The SMILES string of the molecule is Cn1nc(C(=O)NCCc2nc(-c3ccccn3)no2)c2ccccc2c1=O. The number of nitrogens with one attached hydrogen (secondary N) is 1. The number of carbonyl (C=O) groups is 1. The van der Waals surface area contributed by atoms with Gasteiger partial charge in [-0.25, -0.2) is 4.68 Å². The molecule has 1 amide bonds. The van der Waals surface area contributed by atoms with Crippen molar-refractivity contribution in [3.05, 3.63) is 70.6 Å². The average molecular weight is 376 g/mol. The number of pyridine rings is 1. The molecule has 1 aromatic carbocycles. The lowest BCUT2D eigenvalue weighted by Crippen LogP contribution is -2.30. The molecular formula is C19H16N6O3.